The van der Waals surface area contributed by atoms with Gasteiger partial charge in [0.15, 0.2) is 0 Å². The normalized spacial score (nSPS) is 15.0. The van der Waals surface area contributed by atoms with Crippen molar-refractivity contribution in [3.8, 4) is 0 Å². The largest absolute Gasteiger partial charge is 0.494 e. The van der Waals surface area contributed by atoms with Gasteiger partial charge in [-0.05, 0) is 24.3 Å². The average Bonchev–Trinajstić information content (AvgIpc) is 2.36. The summed E-state index contributed by atoms with van der Waals surface area (Å²) < 4.78 is 6.02. The van der Waals surface area contributed by atoms with Crippen molar-refractivity contribution in [3.05, 3.63) is 52.3 Å². The average molecular weight is 308 g/mol. The van der Waals surface area contributed by atoms with E-state index in [1.165, 1.54) is 19.3 Å². The molecular formula is C13H10BrNO3. The molecular weight excluding hydrogens is 298 g/mol. The summed E-state index contributed by atoms with van der Waals surface area (Å²) in [6.45, 7) is 0. The standard InChI is InChI=1S/C13H10BrNO3/c1-18-13-7-12(17)11(16)6-10(13)15-9-4-2-8(14)3-5-9/h2-7,15H,1H3. The molecule has 1 aliphatic carbocycles. The highest BCUT2D eigenvalue weighted by Crippen LogP contribution is 2.21. The number of nitrogens with one attached hydrogen (secondary N) is 1. The van der Waals surface area contributed by atoms with E-state index in [2.05, 4.69) is 21.2 Å². The van der Waals surface area contributed by atoms with Gasteiger partial charge in [0.1, 0.15) is 5.76 Å². The Morgan fingerprint density at radius 2 is 1.67 bits per heavy atom. The van der Waals surface area contributed by atoms with E-state index in [0.717, 1.165) is 10.2 Å². The van der Waals surface area contributed by atoms with Crippen LogP contribution in [0.15, 0.2) is 52.3 Å². The molecule has 4 nitrogen and oxygen atoms in total. The molecule has 0 saturated carbocycles. The van der Waals surface area contributed by atoms with Crippen molar-refractivity contribution in [2.45, 2.75) is 0 Å². The minimum absolute atomic E-state index is 0.350. The van der Waals surface area contributed by atoms with Crippen LogP contribution in [0.3, 0.4) is 0 Å². The molecule has 0 aliphatic heterocycles. The predicted molar refractivity (Wildman–Crippen MR) is 71.0 cm³/mol. The van der Waals surface area contributed by atoms with Crippen molar-refractivity contribution in [2.24, 2.45) is 0 Å². The number of ketones is 2. The zero-order valence-electron chi connectivity index (χ0n) is 9.57. The molecule has 0 spiro atoms. The zero-order chi connectivity index (χ0) is 13.1. The first-order valence-electron chi connectivity index (χ1n) is 5.19. The van der Waals surface area contributed by atoms with E-state index in [0.29, 0.717) is 11.5 Å². The fourth-order valence-corrected chi connectivity index (χ4v) is 1.76. The van der Waals surface area contributed by atoms with Crippen LogP contribution < -0.4 is 5.32 Å². The number of ether oxygens (including phenoxy) is 1. The van der Waals surface area contributed by atoms with E-state index in [4.69, 9.17) is 4.74 Å². The van der Waals surface area contributed by atoms with Crippen molar-refractivity contribution in [2.75, 3.05) is 12.4 Å². The third-order valence-electron chi connectivity index (χ3n) is 2.39. The molecule has 0 unspecified atom stereocenters. The van der Waals surface area contributed by atoms with E-state index >= 15 is 0 Å². The monoisotopic (exact) mass is 307 g/mol. The molecule has 1 aromatic carbocycles. The molecule has 0 aromatic heterocycles. The number of carbonyl (C=O) groups is 2. The molecule has 1 N–H and O–H groups in total. The fraction of sp³-hybridized carbons (Fsp3) is 0.0769. The van der Waals surface area contributed by atoms with Crippen molar-refractivity contribution >= 4 is 33.2 Å². The lowest BCUT2D eigenvalue weighted by atomic mass is 10.1. The second-order valence-electron chi connectivity index (χ2n) is 3.63. The van der Waals surface area contributed by atoms with Crippen LogP contribution in [0.25, 0.3) is 0 Å². The van der Waals surface area contributed by atoms with Crippen molar-refractivity contribution in [1.82, 2.24) is 0 Å². The van der Waals surface area contributed by atoms with Gasteiger partial charge < -0.3 is 10.1 Å². The van der Waals surface area contributed by atoms with Gasteiger partial charge in [-0.1, -0.05) is 15.9 Å². The summed E-state index contributed by atoms with van der Waals surface area (Å²) in [6, 6.07) is 7.43. The summed E-state index contributed by atoms with van der Waals surface area (Å²) in [5.74, 6) is -0.786. The molecule has 0 heterocycles. The molecule has 0 bridgehead atoms. The number of anilines is 1. The molecule has 0 saturated heterocycles. The van der Waals surface area contributed by atoms with Gasteiger partial charge >= 0.3 is 0 Å². The van der Waals surface area contributed by atoms with Gasteiger partial charge in [-0.25, -0.2) is 0 Å². The van der Waals surface area contributed by atoms with Crippen LogP contribution in [0, 0.1) is 0 Å². The number of hydrogen-bond donors (Lipinski definition) is 1. The Labute approximate surface area is 112 Å². The molecule has 1 aromatic rings. The van der Waals surface area contributed by atoms with Gasteiger partial charge in [0.05, 0.1) is 12.8 Å². The van der Waals surface area contributed by atoms with E-state index in [1.54, 1.807) is 0 Å². The Morgan fingerprint density at radius 3 is 2.28 bits per heavy atom. The highest BCUT2D eigenvalue weighted by molar-refractivity contribution is 9.10. The molecule has 0 fully saturated rings. The lowest BCUT2D eigenvalue weighted by molar-refractivity contribution is -0.131. The first-order chi connectivity index (χ1) is 8.60. The number of halogens is 1. The molecule has 1 aliphatic rings. The predicted octanol–water partition coefficient (Wildman–Crippen LogP) is 2.43. The van der Waals surface area contributed by atoms with E-state index in [9.17, 15) is 9.59 Å². The lowest BCUT2D eigenvalue weighted by Crippen LogP contribution is -2.19. The summed E-state index contributed by atoms with van der Waals surface area (Å²) in [6.07, 6.45) is 2.42. The molecule has 0 atom stereocenters. The number of rotatable bonds is 3. The maximum absolute atomic E-state index is 11.3. The van der Waals surface area contributed by atoms with Crippen LogP contribution in [0.5, 0.6) is 0 Å². The second kappa shape index (κ2) is 5.18. The lowest BCUT2D eigenvalue weighted by Gasteiger charge is -2.15. The maximum atomic E-state index is 11.3. The van der Waals surface area contributed by atoms with Crippen LogP contribution >= 0.6 is 15.9 Å². The van der Waals surface area contributed by atoms with Crippen LogP contribution in [-0.4, -0.2) is 18.7 Å². The molecule has 0 radical (unpaired) electrons. The molecule has 2 rings (SSSR count). The number of methoxy groups -OCH3 is 1. The van der Waals surface area contributed by atoms with Crippen LogP contribution in [0.1, 0.15) is 0 Å². The van der Waals surface area contributed by atoms with Crippen molar-refractivity contribution < 1.29 is 14.3 Å². The molecule has 18 heavy (non-hydrogen) atoms. The minimum Gasteiger partial charge on any atom is -0.494 e. The summed E-state index contributed by atoms with van der Waals surface area (Å²) in [4.78, 5) is 22.6. The Kier molecular flexibility index (Phi) is 3.62. The number of hydrogen-bond acceptors (Lipinski definition) is 4. The van der Waals surface area contributed by atoms with Crippen LogP contribution in [-0.2, 0) is 14.3 Å². The SMILES string of the molecule is COC1=CC(=O)C(=O)C=C1Nc1ccc(Br)cc1. The third kappa shape index (κ3) is 2.68. The molecule has 92 valence electrons. The fourth-order valence-electron chi connectivity index (χ4n) is 1.50. The Hall–Kier alpha value is -1.88. The quantitative estimate of drug-likeness (QED) is 0.688. The Balaban J connectivity index is 2.25. The van der Waals surface area contributed by atoms with Crippen LogP contribution in [0.4, 0.5) is 5.69 Å². The highest BCUT2D eigenvalue weighted by atomic mass is 79.9. The molecule has 0 amide bonds. The topological polar surface area (TPSA) is 55.4 Å². The van der Waals surface area contributed by atoms with Gasteiger partial charge in [0.25, 0.3) is 0 Å². The van der Waals surface area contributed by atoms with Gasteiger partial charge in [-0.2, -0.15) is 0 Å². The van der Waals surface area contributed by atoms with Crippen LogP contribution in [0.2, 0.25) is 0 Å². The van der Waals surface area contributed by atoms with E-state index in [-0.39, 0.29) is 0 Å². The molecule has 5 heteroatoms. The highest BCUT2D eigenvalue weighted by Gasteiger charge is 2.20. The van der Waals surface area contributed by atoms with Gasteiger partial charge in [-0.3, -0.25) is 9.59 Å². The summed E-state index contributed by atoms with van der Waals surface area (Å²) in [5.41, 5.74) is 1.28. The first-order valence-corrected chi connectivity index (χ1v) is 5.98. The van der Waals surface area contributed by atoms with Gasteiger partial charge in [0.2, 0.25) is 11.6 Å². The van der Waals surface area contributed by atoms with E-state index in [1.807, 2.05) is 24.3 Å². The van der Waals surface area contributed by atoms with Gasteiger partial charge in [0, 0.05) is 22.3 Å². The van der Waals surface area contributed by atoms with Gasteiger partial charge in [-0.15, -0.1) is 0 Å². The number of allylic oxidation sites excluding steroid dienone is 2. The summed E-state index contributed by atoms with van der Waals surface area (Å²) in [7, 11) is 1.45. The van der Waals surface area contributed by atoms with Crippen molar-refractivity contribution in [3.63, 3.8) is 0 Å². The zero-order valence-corrected chi connectivity index (χ0v) is 11.2. The van der Waals surface area contributed by atoms with Crippen molar-refractivity contribution in [1.29, 1.82) is 0 Å². The maximum Gasteiger partial charge on any atom is 0.229 e. The third-order valence-corrected chi connectivity index (χ3v) is 2.92. The Morgan fingerprint density at radius 1 is 1.06 bits per heavy atom. The summed E-state index contributed by atoms with van der Waals surface area (Å²) in [5, 5.41) is 3.03. The Bertz CT molecular complexity index is 558. The second-order valence-corrected chi connectivity index (χ2v) is 4.55. The minimum atomic E-state index is -0.576. The summed E-state index contributed by atoms with van der Waals surface area (Å²) >= 11 is 3.34. The number of benzene rings is 1. The smallest absolute Gasteiger partial charge is 0.229 e. The van der Waals surface area contributed by atoms with E-state index < -0.39 is 11.6 Å². The number of carbonyl (C=O) groups excluding carboxylic acids is 2. The first kappa shape index (κ1) is 12.6.